The van der Waals surface area contributed by atoms with Gasteiger partial charge in [-0.25, -0.2) is 0 Å². The number of halogens is 1. The van der Waals surface area contributed by atoms with Gasteiger partial charge in [-0.05, 0) is 36.3 Å². The van der Waals surface area contributed by atoms with Crippen molar-refractivity contribution in [3.63, 3.8) is 0 Å². The van der Waals surface area contributed by atoms with Crippen molar-refractivity contribution in [3.8, 4) is 0 Å². The lowest BCUT2D eigenvalue weighted by molar-refractivity contribution is 0.439. The second kappa shape index (κ2) is 5.33. The molecule has 0 saturated carbocycles. The van der Waals surface area contributed by atoms with Crippen molar-refractivity contribution in [2.45, 2.75) is 26.7 Å². The first-order chi connectivity index (χ1) is 6.22. The molecular formula is C11H17ClO. The van der Waals surface area contributed by atoms with Crippen LogP contribution in [0.5, 0.6) is 0 Å². The van der Waals surface area contributed by atoms with Gasteiger partial charge in [0, 0.05) is 5.88 Å². The summed E-state index contributed by atoms with van der Waals surface area (Å²) in [5, 5.41) is 0. The zero-order valence-corrected chi connectivity index (χ0v) is 9.05. The molecule has 1 heterocycles. The second-order valence-electron chi connectivity index (χ2n) is 3.99. The van der Waals surface area contributed by atoms with E-state index < -0.39 is 0 Å². The predicted molar refractivity (Wildman–Crippen MR) is 56.1 cm³/mol. The fourth-order valence-corrected chi connectivity index (χ4v) is 1.84. The molecule has 0 bridgehead atoms. The van der Waals surface area contributed by atoms with E-state index in [0.29, 0.717) is 5.92 Å². The summed E-state index contributed by atoms with van der Waals surface area (Å²) in [6.07, 6.45) is 5.75. The topological polar surface area (TPSA) is 13.1 Å². The Morgan fingerprint density at radius 1 is 1.46 bits per heavy atom. The minimum atomic E-state index is 0.583. The third kappa shape index (κ3) is 3.86. The quantitative estimate of drug-likeness (QED) is 0.661. The summed E-state index contributed by atoms with van der Waals surface area (Å²) in [5.41, 5.74) is 1.26. The van der Waals surface area contributed by atoms with E-state index in [1.54, 1.807) is 12.5 Å². The molecule has 0 fully saturated rings. The highest BCUT2D eigenvalue weighted by molar-refractivity contribution is 6.18. The van der Waals surface area contributed by atoms with Crippen molar-refractivity contribution >= 4 is 11.6 Å². The molecule has 1 atom stereocenters. The lowest BCUT2D eigenvalue weighted by Crippen LogP contribution is -2.09. The Morgan fingerprint density at radius 2 is 2.23 bits per heavy atom. The molecule has 1 rings (SSSR count). The Labute approximate surface area is 85.1 Å². The van der Waals surface area contributed by atoms with Gasteiger partial charge < -0.3 is 4.42 Å². The van der Waals surface area contributed by atoms with Crippen LogP contribution in [0.2, 0.25) is 0 Å². The van der Waals surface area contributed by atoms with Gasteiger partial charge in [0.15, 0.2) is 0 Å². The van der Waals surface area contributed by atoms with Gasteiger partial charge in [0.05, 0.1) is 12.5 Å². The SMILES string of the molecule is CC(C)CC(CCl)Cc1ccoc1. The molecule has 1 aromatic rings. The molecule has 0 aliphatic heterocycles. The molecular weight excluding hydrogens is 184 g/mol. The molecule has 0 aliphatic carbocycles. The molecule has 2 heteroatoms. The average Bonchev–Trinajstić information content (AvgIpc) is 2.55. The summed E-state index contributed by atoms with van der Waals surface area (Å²) in [6.45, 7) is 4.46. The van der Waals surface area contributed by atoms with Crippen LogP contribution in [0.25, 0.3) is 0 Å². The molecule has 1 nitrogen and oxygen atoms in total. The molecule has 1 unspecified atom stereocenters. The van der Waals surface area contributed by atoms with E-state index in [4.69, 9.17) is 16.0 Å². The molecule has 1 aromatic heterocycles. The number of rotatable bonds is 5. The van der Waals surface area contributed by atoms with Gasteiger partial charge in [0.1, 0.15) is 0 Å². The Bertz CT molecular complexity index is 216. The van der Waals surface area contributed by atoms with Crippen LogP contribution >= 0.6 is 11.6 Å². The highest BCUT2D eigenvalue weighted by Crippen LogP contribution is 2.18. The third-order valence-electron chi connectivity index (χ3n) is 2.13. The molecule has 0 saturated heterocycles. The Balaban J connectivity index is 2.40. The number of alkyl halides is 1. The van der Waals surface area contributed by atoms with E-state index in [9.17, 15) is 0 Å². The Kier molecular flexibility index (Phi) is 4.37. The van der Waals surface area contributed by atoms with E-state index in [-0.39, 0.29) is 0 Å². The van der Waals surface area contributed by atoms with Gasteiger partial charge in [-0.1, -0.05) is 13.8 Å². The fraction of sp³-hybridized carbons (Fsp3) is 0.636. The summed E-state index contributed by atoms with van der Waals surface area (Å²) in [5.74, 6) is 2.04. The largest absolute Gasteiger partial charge is 0.472 e. The van der Waals surface area contributed by atoms with E-state index in [0.717, 1.165) is 18.2 Å². The summed E-state index contributed by atoms with van der Waals surface area (Å²) in [7, 11) is 0. The minimum Gasteiger partial charge on any atom is -0.472 e. The molecule has 0 N–H and O–H groups in total. The average molecular weight is 201 g/mol. The molecule has 13 heavy (non-hydrogen) atoms. The molecule has 0 aliphatic rings. The summed E-state index contributed by atoms with van der Waals surface area (Å²) in [4.78, 5) is 0. The van der Waals surface area contributed by atoms with Crippen LogP contribution in [0.3, 0.4) is 0 Å². The standard InChI is InChI=1S/C11H17ClO/c1-9(2)5-11(7-12)6-10-3-4-13-8-10/h3-4,8-9,11H,5-7H2,1-2H3. The van der Waals surface area contributed by atoms with Crippen molar-refractivity contribution < 1.29 is 4.42 Å². The maximum Gasteiger partial charge on any atom is 0.0934 e. The van der Waals surface area contributed by atoms with Crippen LogP contribution in [-0.2, 0) is 6.42 Å². The third-order valence-corrected chi connectivity index (χ3v) is 2.56. The normalized spacial score (nSPS) is 13.5. The molecule has 0 aromatic carbocycles. The number of hydrogen-bond acceptors (Lipinski definition) is 1. The number of hydrogen-bond donors (Lipinski definition) is 0. The van der Waals surface area contributed by atoms with Gasteiger partial charge in [0.2, 0.25) is 0 Å². The number of furan rings is 1. The van der Waals surface area contributed by atoms with Crippen molar-refractivity contribution in [3.05, 3.63) is 24.2 Å². The van der Waals surface area contributed by atoms with Gasteiger partial charge >= 0.3 is 0 Å². The van der Waals surface area contributed by atoms with Crippen molar-refractivity contribution in [1.29, 1.82) is 0 Å². The summed E-state index contributed by atoms with van der Waals surface area (Å²) < 4.78 is 5.02. The lowest BCUT2D eigenvalue weighted by atomic mass is 9.93. The lowest BCUT2D eigenvalue weighted by Gasteiger charge is -2.14. The Morgan fingerprint density at radius 3 is 2.69 bits per heavy atom. The Hall–Kier alpha value is -0.430. The van der Waals surface area contributed by atoms with Crippen LogP contribution in [0.15, 0.2) is 23.0 Å². The minimum absolute atomic E-state index is 0.583. The first-order valence-corrected chi connectivity index (χ1v) is 5.33. The van der Waals surface area contributed by atoms with Crippen molar-refractivity contribution in [1.82, 2.24) is 0 Å². The smallest absolute Gasteiger partial charge is 0.0934 e. The predicted octanol–water partition coefficient (Wildman–Crippen LogP) is 3.72. The van der Waals surface area contributed by atoms with Crippen LogP contribution in [-0.4, -0.2) is 5.88 Å². The zero-order chi connectivity index (χ0) is 9.68. The maximum absolute atomic E-state index is 5.90. The molecule has 0 radical (unpaired) electrons. The van der Waals surface area contributed by atoms with Crippen LogP contribution in [0, 0.1) is 11.8 Å². The summed E-state index contributed by atoms with van der Waals surface area (Å²) in [6, 6.07) is 2.01. The van der Waals surface area contributed by atoms with E-state index >= 15 is 0 Å². The van der Waals surface area contributed by atoms with Crippen LogP contribution in [0.4, 0.5) is 0 Å². The molecule has 74 valence electrons. The van der Waals surface area contributed by atoms with E-state index in [1.165, 1.54) is 12.0 Å². The molecule has 0 spiro atoms. The zero-order valence-electron chi connectivity index (χ0n) is 8.29. The van der Waals surface area contributed by atoms with Gasteiger partial charge in [-0.15, -0.1) is 11.6 Å². The monoisotopic (exact) mass is 200 g/mol. The van der Waals surface area contributed by atoms with E-state index in [1.807, 2.05) is 6.07 Å². The van der Waals surface area contributed by atoms with Gasteiger partial charge in [-0.3, -0.25) is 0 Å². The van der Waals surface area contributed by atoms with Crippen molar-refractivity contribution in [2.75, 3.05) is 5.88 Å². The second-order valence-corrected chi connectivity index (χ2v) is 4.29. The highest BCUT2D eigenvalue weighted by Gasteiger charge is 2.10. The van der Waals surface area contributed by atoms with Gasteiger partial charge in [-0.2, -0.15) is 0 Å². The van der Waals surface area contributed by atoms with Crippen LogP contribution < -0.4 is 0 Å². The first-order valence-electron chi connectivity index (χ1n) is 4.79. The van der Waals surface area contributed by atoms with Crippen molar-refractivity contribution in [2.24, 2.45) is 11.8 Å². The fourth-order valence-electron chi connectivity index (χ4n) is 1.61. The van der Waals surface area contributed by atoms with Crippen LogP contribution in [0.1, 0.15) is 25.8 Å². The first kappa shape index (κ1) is 10.6. The molecule has 0 amide bonds. The van der Waals surface area contributed by atoms with Gasteiger partial charge in [0.25, 0.3) is 0 Å². The maximum atomic E-state index is 5.90. The summed E-state index contributed by atoms with van der Waals surface area (Å²) >= 11 is 5.90. The van der Waals surface area contributed by atoms with E-state index in [2.05, 4.69) is 13.8 Å². The highest BCUT2D eigenvalue weighted by atomic mass is 35.5.